The van der Waals surface area contributed by atoms with Crippen LogP contribution in [0, 0.1) is 13.8 Å². The van der Waals surface area contributed by atoms with Crippen molar-refractivity contribution in [1.29, 1.82) is 0 Å². The average molecular weight is 893 g/mol. The minimum Gasteiger partial charge on any atom is -0.311 e. The van der Waals surface area contributed by atoms with Crippen molar-refractivity contribution >= 4 is 86.0 Å². The molecule has 3 aliphatic heterocycles. The third-order valence-corrected chi connectivity index (χ3v) is 20.1. The van der Waals surface area contributed by atoms with Gasteiger partial charge in [0.25, 0.3) is 6.71 Å². The maximum atomic E-state index is 2.62. The van der Waals surface area contributed by atoms with Gasteiger partial charge in [0.15, 0.2) is 8.07 Å². The lowest BCUT2D eigenvalue weighted by atomic mass is 9.33. The lowest BCUT2D eigenvalue weighted by Gasteiger charge is -2.45. The summed E-state index contributed by atoms with van der Waals surface area (Å²) in [5.41, 5.74) is 21.7. The second-order valence-electron chi connectivity index (χ2n) is 21.5. The maximum Gasteiger partial charge on any atom is 0.252 e. The van der Waals surface area contributed by atoms with Gasteiger partial charge in [-0.3, -0.25) is 0 Å². The van der Waals surface area contributed by atoms with Gasteiger partial charge in [0.1, 0.15) is 0 Å². The molecule has 0 amide bonds. The first kappa shape index (κ1) is 42.2. The van der Waals surface area contributed by atoms with Gasteiger partial charge < -0.3 is 9.80 Å². The lowest BCUT2D eigenvalue weighted by Crippen LogP contribution is -2.72. The van der Waals surface area contributed by atoms with E-state index in [1.54, 1.807) is 0 Å². The van der Waals surface area contributed by atoms with Crippen LogP contribution in [0.1, 0.15) is 63.8 Å². The summed E-state index contributed by atoms with van der Waals surface area (Å²) in [7, 11) is -2.76. The molecule has 0 N–H and O–H groups in total. The third-order valence-electron chi connectivity index (χ3n) is 15.2. The van der Waals surface area contributed by atoms with E-state index in [9.17, 15) is 0 Å². The van der Waals surface area contributed by atoms with Crippen LogP contribution in [0.15, 0.2) is 200 Å². The van der Waals surface area contributed by atoms with Gasteiger partial charge in [-0.1, -0.05) is 193 Å². The zero-order chi connectivity index (χ0) is 46.7. The molecule has 3 heterocycles. The molecule has 0 atom stereocenters. The summed E-state index contributed by atoms with van der Waals surface area (Å²) in [5.74, 6) is 0. The monoisotopic (exact) mass is 892 g/mol. The van der Waals surface area contributed by atoms with Crippen LogP contribution >= 0.6 is 0 Å². The first-order chi connectivity index (χ1) is 32.8. The summed E-state index contributed by atoms with van der Waals surface area (Å²) in [5, 5.41) is 5.72. The molecule has 330 valence electrons. The quantitative estimate of drug-likeness (QED) is 0.159. The van der Waals surface area contributed by atoms with Crippen molar-refractivity contribution in [3.8, 4) is 22.3 Å². The van der Waals surface area contributed by atoms with Crippen molar-refractivity contribution in [2.45, 2.75) is 66.2 Å². The molecule has 9 aromatic rings. The van der Waals surface area contributed by atoms with E-state index in [4.69, 9.17) is 0 Å². The lowest BCUT2D eigenvalue weighted by molar-refractivity contribution is 0.590. The number of para-hydroxylation sites is 1. The molecule has 0 spiro atoms. The number of benzene rings is 9. The number of anilines is 6. The van der Waals surface area contributed by atoms with Crippen LogP contribution in [0.25, 0.3) is 22.3 Å². The molecule has 0 aliphatic carbocycles. The molecule has 2 nitrogen and oxygen atoms in total. The standard InChI is InChI=1S/C64H57BN2Si/c1-42-37-58-62-59(38-42)67(55-35-31-44(63(3,4)5)39-52(55)49-26-16-15-21-43(49)2)57-36-32-45(64(6,7)8)40-54(57)65(62)53-28-18-19-29-56(53)66(58)46-33-34-51-50-27-17-20-30-60(50)68(61(51)41-46,47-22-11-9-12-23-47)48-24-13-10-14-25-48/h9-41H,1-8H3. The van der Waals surface area contributed by atoms with E-state index in [0.717, 1.165) is 0 Å². The predicted octanol–water partition coefficient (Wildman–Crippen LogP) is 12.0. The van der Waals surface area contributed by atoms with Crippen LogP contribution in [-0.2, 0) is 10.8 Å². The van der Waals surface area contributed by atoms with E-state index >= 15 is 0 Å². The summed E-state index contributed by atoms with van der Waals surface area (Å²) in [6.07, 6.45) is 0. The summed E-state index contributed by atoms with van der Waals surface area (Å²) in [4.78, 5) is 5.23. The number of fused-ring (bicyclic) bond motifs is 7. The SMILES string of the molecule is Cc1cc2c3c(c1)N(c1ccc(C(C)(C)C)cc1-c1ccccc1C)c1ccc(C(C)(C)C)cc1B3c1ccccc1N2c1ccc2c(c1)[Si](c1ccccc1)(c1ccccc1)c1ccccc1-2. The van der Waals surface area contributed by atoms with E-state index in [1.807, 2.05) is 0 Å². The molecule has 0 saturated carbocycles. The second-order valence-corrected chi connectivity index (χ2v) is 25.2. The van der Waals surface area contributed by atoms with Gasteiger partial charge in [-0.05, 0) is 149 Å². The Balaban J connectivity index is 1.16. The predicted molar refractivity (Wildman–Crippen MR) is 295 cm³/mol. The van der Waals surface area contributed by atoms with E-state index in [1.165, 1.54) is 116 Å². The molecule has 4 heteroatoms. The largest absolute Gasteiger partial charge is 0.311 e. The zero-order valence-corrected chi connectivity index (χ0v) is 41.5. The molecule has 3 aliphatic rings. The number of aryl methyl sites for hydroxylation is 2. The first-order valence-electron chi connectivity index (χ1n) is 24.4. The minimum absolute atomic E-state index is 0.0200. The molecule has 0 unspecified atom stereocenters. The molecular formula is C64H57BN2Si. The fraction of sp³-hybridized carbons (Fsp3) is 0.156. The summed E-state index contributed by atoms with van der Waals surface area (Å²) in [6.45, 7) is 18.6. The molecule has 0 aromatic heterocycles. The minimum atomic E-state index is -2.76. The van der Waals surface area contributed by atoms with E-state index in [2.05, 4.69) is 265 Å². The van der Waals surface area contributed by atoms with Gasteiger partial charge in [-0.25, -0.2) is 0 Å². The number of rotatable bonds is 5. The molecule has 12 rings (SSSR count). The van der Waals surface area contributed by atoms with Crippen LogP contribution in [0.4, 0.5) is 34.1 Å². The van der Waals surface area contributed by atoms with Crippen molar-refractivity contribution in [3.63, 3.8) is 0 Å². The Morgan fingerprint density at radius 1 is 0.382 bits per heavy atom. The normalized spacial score (nSPS) is 14.2. The van der Waals surface area contributed by atoms with Crippen LogP contribution in [0.3, 0.4) is 0 Å². The van der Waals surface area contributed by atoms with E-state index in [-0.39, 0.29) is 17.5 Å². The van der Waals surface area contributed by atoms with Crippen molar-refractivity contribution in [3.05, 3.63) is 222 Å². The Kier molecular flexibility index (Phi) is 9.60. The van der Waals surface area contributed by atoms with Gasteiger partial charge in [0.2, 0.25) is 0 Å². The number of nitrogens with zero attached hydrogens (tertiary/aromatic N) is 2. The topological polar surface area (TPSA) is 6.48 Å². The van der Waals surface area contributed by atoms with Gasteiger partial charge in [0, 0.05) is 34.0 Å². The highest BCUT2D eigenvalue weighted by atomic mass is 28.3. The Morgan fingerprint density at radius 2 is 0.926 bits per heavy atom. The van der Waals surface area contributed by atoms with Crippen LogP contribution in [-0.4, -0.2) is 14.8 Å². The molecule has 0 bridgehead atoms. The van der Waals surface area contributed by atoms with Gasteiger partial charge in [-0.15, -0.1) is 0 Å². The Hall–Kier alpha value is -7.14. The Bertz CT molecular complexity index is 3430. The Labute approximate surface area is 404 Å². The highest BCUT2D eigenvalue weighted by Gasteiger charge is 2.50. The maximum absolute atomic E-state index is 2.76. The summed E-state index contributed by atoms with van der Waals surface area (Å²) in [6, 6.07) is 77.1. The summed E-state index contributed by atoms with van der Waals surface area (Å²) < 4.78 is 0. The van der Waals surface area contributed by atoms with Crippen molar-refractivity contribution in [1.82, 2.24) is 0 Å². The van der Waals surface area contributed by atoms with Crippen LogP contribution in [0.5, 0.6) is 0 Å². The number of hydrogen-bond donors (Lipinski definition) is 0. The fourth-order valence-electron chi connectivity index (χ4n) is 12.0. The van der Waals surface area contributed by atoms with Gasteiger partial charge >= 0.3 is 0 Å². The molecule has 68 heavy (non-hydrogen) atoms. The molecule has 9 aromatic carbocycles. The molecule has 0 saturated heterocycles. The van der Waals surface area contributed by atoms with E-state index < -0.39 is 8.07 Å². The summed E-state index contributed by atoms with van der Waals surface area (Å²) >= 11 is 0. The Morgan fingerprint density at radius 3 is 1.60 bits per heavy atom. The third kappa shape index (κ3) is 6.30. The first-order valence-corrected chi connectivity index (χ1v) is 26.4. The highest BCUT2D eigenvalue weighted by molar-refractivity contribution is 7.22. The zero-order valence-electron chi connectivity index (χ0n) is 40.5. The molecule has 0 fully saturated rings. The van der Waals surface area contributed by atoms with Crippen molar-refractivity contribution in [2.75, 3.05) is 9.80 Å². The van der Waals surface area contributed by atoms with E-state index in [0.29, 0.717) is 0 Å². The highest BCUT2D eigenvalue weighted by Crippen LogP contribution is 2.48. The average Bonchev–Trinajstić information content (AvgIpc) is 3.64. The second kappa shape index (κ2) is 15.5. The van der Waals surface area contributed by atoms with Crippen molar-refractivity contribution in [2.24, 2.45) is 0 Å². The fourth-order valence-corrected chi connectivity index (χ4v) is 17.2. The van der Waals surface area contributed by atoms with Gasteiger partial charge in [0.05, 0.1) is 5.69 Å². The van der Waals surface area contributed by atoms with Crippen LogP contribution < -0.4 is 46.9 Å². The molecule has 0 radical (unpaired) electrons. The smallest absolute Gasteiger partial charge is 0.252 e. The number of hydrogen-bond acceptors (Lipinski definition) is 2. The molecular weight excluding hydrogens is 836 g/mol. The van der Waals surface area contributed by atoms with Crippen LogP contribution in [0.2, 0.25) is 0 Å². The van der Waals surface area contributed by atoms with Crippen molar-refractivity contribution < 1.29 is 0 Å². The van der Waals surface area contributed by atoms with Gasteiger partial charge in [-0.2, -0.15) is 0 Å².